The van der Waals surface area contributed by atoms with Crippen LogP contribution in [0.1, 0.15) is 25.0 Å². The van der Waals surface area contributed by atoms with Gasteiger partial charge in [-0.15, -0.1) is 24.0 Å². The number of hydrogen-bond donors (Lipinski definition) is 3. The van der Waals surface area contributed by atoms with Gasteiger partial charge in [0, 0.05) is 38.9 Å². The second kappa shape index (κ2) is 11.8. The Hall–Kier alpha value is -1.43. The molecule has 0 amide bonds. The van der Waals surface area contributed by atoms with Crippen molar-refractivity contribution in [2.75, 3.05) is 51.2 Å². The number of anilines is 1. The smallest absolute Gasteiger partial charge is 0.191 e. The monoisotopic (exact) mass is 544 g/mol. The number of rotatable bonds is 7. The van der Waals surface area contributed by atoms with Crippen LogP contribution >= 0.6 is 35.3 Å². The fourth-order valence-electron chi connectivity index (χ4n) is 3.21. The molecular formula is C21H33IN6OS. The maximum Gasteiger partial charge on any atom is 0.191 e. The molecule has 166 valence electrons. The molecule has 30 heavy (non-hydrogen) atoms. The number of aliphatic imine (C=N–C) groups is 1. The predicted molar refractivity (Wildman–Crippen MR) is 136 cm³/mol. The molecule has 3 rings (SSSR count). The number of pyridine rings is 1. The van der Waals surface area contributed by atoms with Gasteiger partial charge in [0.15, 0.2) is 5.96 Å². The fraction of sp³-hybridized carbons (Fsp3) is 0.524. The maximum absolute atomic E-state index is 10.7. The number of aromatic nitrogens is 1. The van der Waals surface area contributed by atoms with Crippen LogP contribution in [-0.2, 0) is 12.1 Å². The molecule has 0 spiro atoms. The van der Waals surface area contributed by atoms with Crippen molar-refractivity contribution in [1.29, 1.82) is 0 Å². The van der Waals surface area contributed by atoms with E-state index in [-0.39, 0.29) is 24.0 Å². The van der Waals surface area contributed by atoms with E-state index in [1.807, 2.05) is 42.9 Å². The third-order valence-corrected chi connectivity index (χ3v) is 5.83. The van der Waals surface area contributed by atoms with E-state index in [0.29, 0.717) is 19.0 Å². The number of guanidine groups is 1. The fourth-order valence-corrected chi connectivity index (χ4v) is 3.99. The first-order valence-electron chi connectivity index (χ1n) is 10.1. The van der Waals surface area contributed by atoms with Crippen LogP contribution in [0.15, 0.2) is 40.1 Å². The average Bonchev–Trinajstić information content (AvgIpc) is 3.27. The van der Waals surface area contributed by atoms with Gasteiger partial charge in [-0.25, -0.2) is 9.98 Å². The summed E-state index contributed by atoms with van der Waals surface area (Å²) in [6.45, 7) is 9.66. The Labute approximate surface area is 200 Å². The lowest BCUT2D eigenvalue weighted by Crippen LogP contribution is -2.44. The molecule has 3 heterocycles. The van der Waals surface area contributed by atoms with Gasteiger partial charge < -0.3 is 25.5 Å². The Bertz CT molecular complexity index is 791. The molecule has 7 nitrogen and oxygen atoms in total. The zero-order valence-electron chi connectivity index (χ0n) is 18.0. The lowest BCUT2D eigenvalue weighted by atomic mass is 9.99. The number of piperazine rings is 1. The molecule has 2 aromatic rings. The zero-order valence-corrected chi connectivity index (χ0v) is 21.1. The highest BCUT2D eigenvalue weighted by Gasteiger charge is 2.23. The van der Waals surface area contributed by atoms with E-state index in [2.05, 4.69) is 38.5 Å². The van der Waals surface area contributed by atoms with E-state index in [0.717, 1.165) is 49.7 Å². The van der Waals surface area contributed by atoms with Crippen molar-refractivity contribution in [2.24, 2.45) is 4.99 Å². The van der Waals surface area contributed by atoms with Gasteiger partial charge in [-0.1, -0.05) is 0 Å². The highest BCUT2D eigenvalue weighted by atomic mass is 127. The van der Waals surface area contributed by atoms with Crippen molar-refractivity contribution in [1.82, 2.24) is 20.5 Å². The first-order valence-corrected chi connectivity index (χ1v) is 11.1. The summed E-state index contributed by atoms with van der Waals surface area (Å²) in [6.07, 6.45) is 1.86. The number of hydrogen-bond acceptors (Lipinski definition) is 6. The van der Waals surface area contributed by atoms with Crippen LogP contribution in [0.3, 0.4) is 0 Å². The van der Waals surface area contributed by atoms with Crippen molar-refractivity contribution in [3.8, 4) is 0 Å². The van der Waals surface area contributed by atoms with Crippen LogP contribution in [0, 0.1) is 0 Å². The van der Waals surface area contributed by atoms with E-state index in [9.17, 15) is 5.11 Å². The van der Waals surface area contributed by atoms with Gasteiger partial charge in [-0.05, 0) is 61.0 Å². The maximum atomic E-state index is 10.7. The van der Waals surface area contributed by atoms with Crippen molar-refractivity contribution >= 4 is 47.1 Å². The first-order chi connectivity index (χ1) is 14.0. The molecule has 1 atom stereocenters. The summed E-state index contributed by atoms with van der Waals surface area (Å²) in [5.41, 5.74) is 1.09. The van der Waals surface area contributed by atoms with Gasteiger partial charge in [0.25, 0.3) is 0 Å². The summed E-state index contributed by atoms with van der Waals surface area (Å²) < 4.78 is 0. The van der Waals surface area contributed by atoms with E-state index in [1.54, 1.807) is 11.3 Å². The normalized spacial score (nSPS) is 17.2. The average molecular weight is 545 g/mol. The molecule has 0 aliphatic carbocycles. The number of nitrogens with one attached hydrogen (secondary N) is 2. The van der Waals surface area contributed by atoms with E-state index in [1.165, 1.54) is 0 Å². The molecule has 2 aromatic heterocycles. The lowest BCUT2D eigenvalue weighted by molar-refractivity contribution is 0.0621. The van der Waals surface area contributed by atoms with Gasteiger partial charge in [0.05, 0.1) is 13.1 Å². The Morgan fingerprint density at radius 1 is 1.27 bits per heavy atom. The van der Waals surface area contributed by atoms with Gasteiger partial charge in [0.1, 0.15) is 11.4 Å². The zero-order chi connectivity index (χ0) is 20.7. The van der Waals surface area contributed by atoms with Gasteiger partial charge in [-0.2, -0.15) is 11.3 Å². The molecule has 0 aromatic carbocycles. The second-order valence-corrected chi connectivity index (χ2v) is 8.43. The third kappa shape index (κ3) is 7.07. The molecule has 1 aliphatic heterocycles. The number of nitrogens with zero attached hydrogens (tertiary/aromatic N) is 4. The minimum Gasteiger partial charge on any atom is -0.384 e. The minimum atomic E-state index is -0.943. The number of halogens is 1. The number of thiophene rings is 1. The Kier molecular flexibility index (Phi) is 9.79. The van der Waals surface area contributed by atoms with Gasteiger partial charge in [-0.3, -0.25) is 0 Å². The SMILES string of the molecule is CCNC(=NCc1ccnc(N2CCN(C)CC2)c1)NCC(C)(O)c1ccsc1.I. The molecule has 9 heteroatoms. The summed E-state index contributed by atoms with van der Waals surface area (Å²) in [6, 6.07) is 6.08. The summed E-state index contributed by atoms with van der Waals surface area (Å²) in [4.78, 5) is 13.9. The van der Waals surface area contributed by atoms with E-state index in [4.69, 9.17) is 4.99 Å². The Morgan fingerprint density at radius 3 is 2.70 bits per heavy atom. The molecule has 3 N–H and O–H groups in total. The van der Waals surface area contributed by atoms with Crippen molar-refractivity contribution < 1.29 is 5.11 Å². The molecule has 1 fully saturated rings. The molecule has 0 bridgehead atoms. The largest absolute Gasteiger partial charge is 0.384 e. The predicted octanol–water partition coefficient (Wildman–Crippen LogP) is 2.48. The molecular weight excluding hydrogens is 511 g/mol. The second-order valence-electron chi connectivity index (χ2n) is 7.65. The quantitative estimate of drug-likeness (QED) is 0.283. The highest BCUT2D eigenvalue weighted by molar-refractivity contribution is 14.0. The topological polar surface area (TPSA) is 76.0 Å². The van der Waals surface area contributed by atoms with Crippen LogP contribution in [0.25, 0.3) is 0 Å². The Morgan fingerprint density at radius 2 is 2.03 bits per heavy atom. The van der Waals surface area contributed by atoms with Crippen molar-refractivity contribution in [3.05, 3.63) is 46.3 Å². The van der Waals surface area contributed by atoms with Crippen LogP contribution in [0.5, 0.6) is 0 Å². The Balaban J connectivity index is 0.00000320. The molecule has 0 radical (unpaired) electrons. The first kappa shape index (κ1) is 24.8. The molecule has 1 saturated heterocycles. The highest BCUT2D eigenvalue weighted by Crippen LogP contribution is 2.22. The summed E-state index contributed by atoms with van der Waals surface area (Å²) in [7, 11) is 2.15. The van der Waals surface area contributed by atoms with E-state index < -0.39 is 5.60 Å². The van der Waals surface area contributed by atoms with Crippen LogP contribution in [-0.4, -0.2) is 67.3 Å². The van der Waals surface area contributed by atoms with Gasteiger partial charge in [0.2, 0.25) is 0 Å². The van der Waals surface area contributed by atoms with Crippen molar-refractivity contribution in [3.63, 3.8) is 0 Å². The number of likely N-dealkylation sites (N-methyl/N-ethyl adjacent to an activating group) is 1. The summed E-state index contributed by atoms with van der Waals surface area (Å²) >= 11 is 1.59. The van der Waals surface area contributed by atoms with Crippen LogP contribution in [0.2, 0.25) is 0 Å². The molecule has 1 aliphatic rings. The number of aliphatic hydroxyl groups is 1. The van der Waals surface area contributed by atoms with Crippen LogP contribution in [0.4, 0.5) is 5.82 Å². The van der Waals surface area contributed by atoms with E-state index >= 15 is 0 Å². The molecule has 0 saturated carbocycles. The summed E-state index contributed by atoms with van der Waals surface area (Å²) in [5.74, 6) is 1.71. The third-order valence-electron chi connectivity index (χ3n) is 5.14. The lowest BCUT2D eigenvalue weighted by Gasteiger charge is -2.33. The van der Waals surface area contributed by atoms with Gasteiger partial charge >= 0.3 is 0 Å². The minimum absolute atomic E-state index is 0. The van der Waals surface area contributed by atoms with Crippen LogP contribution < -0.4 is 15.5 Å². The van der Waals surface area contributed by atoms with Crippen molar-refractivity contribution in [2.45, 2.75) is 26.0 Å². The molecule has 1 unspecified atom stereocenters. The summed E-state index contributed by atoms with van der Waals surface area (Å²) in [5, 5.41) is 21.2. The standard InChI is InChI=1S/C21H32N6OS.HI/c1-4-22-20(25-16-21(2,28)18-6-12-29-15-18)24-14-17-5-7-23-19(13-17)27-10-8-26(3)9-11-27;/h5-7,12-13,15,28H,4,8-11,14,16H2,1-3H3,(H2,22,24,25);1H.